The summed E-state index contributed by atoms with van der Waals surface area (Å²) in [6.07, 6.45) is 1.26. The van der Waals surface area contributed by atoms with Crippen LogP contribution in [0.2, 0.25) is 0 Å². The molecule has 104 valence electrons. The molecule has 1 rings (SSSR count). The predicted octanol–water partition coefficient (Wildman–Crippen LogP) is 2.91. The average Bonchev–Trinajstić information content (AvgIpc) is 2.40. The molecule has 4 heteroatoms. The molecule has 0 bridgehead atoms. The molecule has 0 aliphatic carbocycles. The number of nitrogens with zero attached hydrogens (tertiary/aromatic N) is 1. The first-order valence-electron chi connectivity index (χ1n) is 6.82. The van der Waals surface area contributed by atoms with Crippen molar-refractivity contribution in [3.05, 3.63) is 29.8 Å². The van der Waals surface area contributed by atoms with E-state index in [4.69, 9.17) is 0 Å². The van der Waals surface area contributed by atoms with E-state index >= 15 is 0 Å². The maximum atomic E-state index is 12.3. The highest BCUT2D eigenvalue weighted by Gasteiger charge is 2.16. The second-order valence-electron chi connectivity index (χ2n) is 4.32. The van der Waals surface area contributed by atoms with Crippen molar-refractivity contribution < 1.29 is 9.59 Å². The molecule has 0 radical (unpaired) electrons. The fourth-order valence-electron chi connectivity index (χ4n) is 1.90. The molecule has 4 nitrogen and oxygen atoms in total. The van der Waals surface area contributed by atoms with Gasteiger partial charge in [-0.05, 0) is 32.4 Å². The number of rotatable bonds is 6. The second-order valence-corrected chi connectivity index (χ2v) is 4.32. The minimum Gasteiger partial charge on any atom is -0.339 e. The van der Waals surface area contributed by atoms with Crippen LogP contribution >= 0.6 is 0 Å². The van der Waals surface area contributed by atoms with E-state index in [2.05, 4.69) is 5.32 Å². The summed E-state index contributed by atoms with van der Waals surface area (Å²) in [4.78, 5) is 25.7. The minimum atomic E-state index is -0.0534. The van der Waals surface area contributed by atoms with Crippen LogP contribution in [-0.2, 0) is 4.79 Å². The molecule has 1 aromatic rings. The highest BCUT2D eigenvalue weighted by atomic mass is 16.2. The van der Waals surface area contributed by atoms with E-state index < -0.39 is 0 Å². The molecule has 19 heavy (non-hydrogen) atoms. The van der Waals surface area contributed by atoms with Crippen molar-refractivity contribution >= 4 is 17.5 Å². The molecule has 1 aromatic carbocycles. The van der Waals surface area contributed by atoms with Crippen molar-refractivity contribution in [2.24, 2.45) is 0 Å². The Morgan fingerprint density at radius 3 is 2.32 bits per heavy atom. The number of nitrogens with one attached hydrogen (secondary N) is 1. The number of benzene rings is 1. The summed E-state index contributed by atoms with van der Waals surface area (Å²) in [7, 11) is 0. The lowest BCUT2D eigenvalue weighted by Gasteiger charge is -2.20. The van der Waals surface area contributed by atoms with E-state index in [9.17, 15) is 9.59 Å². The number of hydrogen-bond acceptors (Lipinski definition) is 2. The molecule has 0 unspecified atom stereocenters. The van der Waals surface area contributed by atoms with E-state index in [0.29, 0.717) is 30.8 Å². The summed E-state index contributed by atoms with van der Waals surface area (Å²) in [6.45, 7) is 7.16. The van der Waals surface area contributed by atoms with Gasteiger partial charge in [0.25, 0.3) is 5.91 Å². The molecular formula is C15H22N2O2. The van der Waals surface area contributed by atoms with Gasteiger partial charge in [0.2, 0.25) is 5.91 Å². The first-order chi connectivity index (χ1) is 9.13. The zero-order valence-electron chi connectivity index (χ0n) is 11.9. The number of amides is 2. The second kappa shape index (κ2) is 7.56. The standard InChI is InChI=1S/C15H22N2O2/c1-4-9-14(18)16-13-11-8-7-10-12(13)15(19)17(5-2)6-3/h7-8,10-11H,4-6,9H2,1-3H3,(H,16,18). The SMILES string of the molecule is CCCC(=O)Nc1ccccc1C(=O)N(CC)CC. The average molecular weight is 262 g/mol. The largest absolute Gasteiger partial charge is 0.339 e. The van der Waals surface area contributed by atoms with E-state index in [-0.39, 0.29) is 11.8 Å². The van der Waals surface area contributed by atoms with Crippen LogP contribution in [0.5, 0.6) is 0 Å². The van der Waals surface area contributed by atoms with Crippen molar-refractivity contribution in [2.45, 2.75) is 33.6 Å². The fraction of sp³-hybridized carbons (Fsp3) is 0.467. The summed E-state index contributed by atoms with van der Waals surface area (Å²) in [6, 6.07) is 7.15. The normalized spacial score (nSPS) is 10.1. The molecule has 0 atom stereocenters. The summed E-state index contributed by atoms with van der Waals surface area (Å²) >= 11 is 0. The summed E-state index contributed by atoms with van der Waals surface area (Å²) in [5.41, 5.74) is 1.15. The van der Waals surface area contributed by atoms with Gasteiger partial charge in [0.1, 0.15) is 0 Å². The van der Waals surface area contributed by atoms with Gasteiger partial charge in [0.05, 0.1) is 11.3 Å². The molecule has 0 fully saturated rings. The highest BCUT2D eigenvalue weighted by Crippen LogP contribution is 2.17. The number of para-hydroxylation sites is 1. The maximum Gasteiger partial charge on any atom is 0.255 e. The van der Waals surface area contributed by atoms with E-state index in [1.165, 1.54) is 0 Å². The van der Waals surface area contributed by atoms with Crippen LogP contribution < -0.4 is 5.32 Å². The Labute approximate surface area is 114 Å². The lowest BCUT2D eigenvalue weighted by atomic mass is 10.1. The van der Waals surface area contributed by atoms with Crippen molar-refractivity contribution in [3.63, 3.8) is 0 Å². The number of carbonyl (C=O) groups is 2. The van der Waals surface area contributed by atoms with Crippen LogP contribution in [0.25, 0.3) is 0 Å². The maximum absolute atomic E-state index is 12.3. The smallest absolute Gasteiger partial charge is 0.255 e. The first kappa shape index (κ1) is 15.2. The van der Waals surface area contributed by atoms with Crippen LogP contribution in [0.3, 0.4) is 0 Å². The van der Waals surface area contributed by atoms with Gasteiger partial charge in [-0.3, -0.25) is 9.59 Å². The van der Waals surface area contributed by atoms with Crippen molar-refractivity contribution in [1.29, 1.82) is 0 Å². The minimum absolute atomic E-state index is 0.0441. The van der Waals surface area contributed by atoms with Crippen LogP contribution in [-0.4, -0.2) is 29.8 Å². The summed E-state index contributed by atoms with van der Waals surface area (Å²) in [5.74, 6) is -0.0975. The van der Waals surface area contributed by atoms with Gasteiger partial charge >= 0.3 is 0 Å². The Balaban J connectivity index is 2.95. The third-order valence-corrected chi connectivity index (χ3v) is 2.96. The Hall–Kier alpha value is -1.84. The summed E-state index contributed by atoms with van der Waals surface area (Å²) < 4.78 is 0. The van der Waals surface area contributed by atoms with Gasteiger partial charge in [-0.15, -0.1) is 0 Å². The summed E-state index contributed by atoms with van der Waals surface area (Å²) in [5, 5.41) is 2.81. The number of carbonyl (C=O) groups excluding carboxylic acids is 2. The van der Waals surface area contributed by atoms with Crippen LogP contribution in [0.4, 0.5) is 5.69 Å². The third kappa shape index (κ3) is 4.09. The molecular weight excluding hydrogens is 240 g/mol. The van der Waals surface area contributed by atoms with Gasteiger partial charge in [-0.25, -0.2) is 0 Å². The molecule has 0 aliphatic rings. The molecule has 0 heterocycles. The Morgan fingerprint density at radius 2 is 1.74 bits per heavy atom. The Kier molecular flexibility index (Phi) is 6.06. The molecule has 0 saturated carbocycles. The van der Waals surface area contributed by atoms with E-state index in [1.807, 2.05) is 32.9 Å². The molecule has 0 aliphatic heterocycles. The van der Waals surface area contributed by atoms with Gasteiger partial charge < -0.3 is 10.2 Å². The third-order valence-electron chi connectivity index (χ3n) is 2.96. The van der Waals surface area contributed by atoms with Crippen LogP contribution in [0.1, 0.15) is 44.0 Å². The number of anilines is 1. The molecule has 0 aromatic heterocycles. The molecule has 0 spiro atoms. The quantitative estimate of drug-likeness (QED) is 0.857. The molecule has 2 amide bonds. The highest BCUT2D eigenvalue weighted by molar-refractivity contribution is 6.03. The van der Waals surface area contributed by atoms with Gasteiger partial charge in [0.15, 0.2) is 0 Å². The molecule has 0 saturated heterocycles. The van der Waals surface area contributed by atoms with Crippen LogP contribution in [0.15, 0.2) is 24.3 Å². The topological polar surface area (TPSA) is 49.4 Å². The van der Waals surface area contributed by atoms with Gasteiger partial charge in [-0.2, -0.15) is 0 Å². The van der Waals surface area contributed by atoms with E-state index in [1.54, 1.807) is 17.0 Å². The predicted molar refractivity (Wildman–Crippen MR) is 77.2 cm³/mol. The van der Waals surface area contributed by atoms with Crippen molar-refractivity contribution in [3.8, 4) is 0 Å². The lowest BCUT2D eigenvalue weighted by molar-refractivity contribution is -0.116. The van der Waals surface area contributed by atoms with Crippen molar-refractivity contribution in [1.82, 2.24) is 4.90 Å². The zero-order valence-corrected chi connectivity index (χ0v) is 11.9. The Bertz CT molecular complexity index is 440. The lowest BCUT2D eigenvalue weighted by Crippen LogP contribution is -2.31. The monoisotopic (exact) mass is 262 g/mol. The fourth-order valence-corrected chi connectivity index (χ4v) is 1.90. The van der Waals surface area contributed by atoms with E-state index in [0.717, 1.165) is 6.42 Å². The van der Waals surface area contributed by atoms with Crippen molar-refractivity contribution in [2.75, 3.05) is 18.4 Å². The number of hydrogen-bond donors (Lipinski definition) is 1. The zero-order chi connectivity index (χ0) is 14.3. The Morgan fingerprint density at radius 1 is 1.11 bits per heavy atom. The van der Waals surface area contributed by atoms with Gasteiger partial charge in [-0.1, -0.05) is 19.1 Å². The molecule has 1 N–H and O–H groups in total. The first-order valence-corrected chi connectivity index (χ1v) is 6.82. The van der Waals surface area contributed by atoms with Crippen LogP contribution in [0, 0.1) is 0 Å². The van der Waals surface area contributed by atoms with Gasteiger partial charge in [0, 0.05) is 19.5 Å².